The monoisotopic (exact) mass is 351 g/mol. The normalized spacial score (nSPS) is 12.1. The SMILES string of the molecule is CC(C)c1cc(NC(=O)C(Sc2ccccc2)c2ccccc2)n[nH]1. The molecular weight excluding hydrogens is 330 g/mol. The number of H-pyrrole nitrogens is 1. The summed E-state index contributed by atoms with van der Waals surface area (Å²) in [6.45, 7) is 4.16. The first kappa shape index (κ1) is 17.3. The highest BCUT2D eigenvalue weighted by Gasteiger charge is 2.23. The number of carbonyl (C=O) groups excluding carboxylic acids is 1. The minimum atomic E-state index is -0.345. The summed E-state index contributed by atoms with van der Waals surface area (Å²) in [6.07, 6.45) is 0. The Labute approximate surface area is 152 Å². The van der Waals surface area contributed by atoms with Crippen molar-refractivity contribution in [2.45, 2.75) is 29.9 Å². The smallest absolute Gasteiger partial charge is 0.243 e. The molecule has 0 spiro atoms. The molecule has 0 bridgehead atoms. The number of thioether (sulfide) groups is 1. The number of hydrogen-bond donors (Lipinski definition) is 2. The number of nitrogens with one attached hydrogen (secondary N) is 2. The van der Waals surface area contributed by atoms with Crippen LogP contribution in [0.3, 0.4) is 0 Å². The number of nitrogens with zero attached hydrogens (tertiary/aromatic N) is 1. The zero-order chi connectivity index (χ0) is 17.6. The van der Waals surface area contributed by atoms with Crippen molar-refractivity contribution in [2.24, 2.45) is 0 Å². The maximum absolute atomic E-state index is 12.9. The van der Waals surface area contributed by atoms with Crippen LogP contribution in [0.1, 0.15) is 36.3 Å². The molecule has 25 heavy (non-hydrogen) atoms. The van der Waals surface area contributed by atoms with Gasteiger partial charge < -0.3 is 5.32 Å². The second-order valence-corrected chi connectivity index (χ2v) is 7.25. The van der Waals surface area contributed by atoms with E-state index in [4.69, 9.17) is 0 Å². The van der Waals surface area contributed by atoms with Gasteiger partial charge in [0.2, 0.25) is 5.91 Å². The molecule has 1 amide bonds. The van der Waals surface area contributed by atoms with Gasteiger partial charge in [0.15, 0.2) is 5.82 Å². The van der Waals surface area contributed by atoms with Crippen molar-refractivity contribution in [3.05, 3.63) is 78.0 Å². The van der Waals surface area contributed by atoms with Gasteiger partial charge in [0.05, 0.1) is 0 Å². The lowest BCUT2D eigenvalue weighted by molar-refractivity contribution is -0.115. The average molecular weight is 351 g/mol. The minimum absolute atomic E-state index is 0.0816. The molecule has 0 radical (unpaired) electrons. The van der Waals surface area contributed by atoms with Crippen molar-refractivity contribution in [3.63, 3.8) is 0 Å². The first-order valence-corrected chi connectivity index (χ1v) is 9.14. The molecule has 0 aliphatic carbocycles. The summed E-state index contributed by atoms with van der Waals surface area (Å²) in [5.41, 5.74) is 1.97. The lowest BCUT2D eigenvalue weighted by Crippen LogP contribution is -2.19. The Balaban J connectivity index is 1.81. The molecular formula is C20H21N3OS. The Morgan fingerprint density at radius 3 is 2.28 bits per heavy atom. The van der Waals surface area contributed by atoms with Crippen LogP contribution in [0.25, 0.3) is 0 Å². The predicted octanol–water partition coefficient (Wildman–Crippen LogP) is 5.01. The number of aromatic nitrogens is 2. The molecule has 1 heterocycles. The Hall–Kier alpha value is -2.53. The molecule has 1 atom stereocenters. The van der Waals surface area contributed by atoms with Gasteiger partial charge in [0, 0.05) is 16.7 Å². The Morgan fingerprint density at radius 1 is 1.04 bits per heavy atom. The first-order chi connectivity index (χ1) is 12.1. The van der Waals surface area contributed by atoms with Gasteiger partial charge in [-0.25, -0.2) is 0 Å². The highest BCUT2D eigenvalue weighted by molar-refractivity contribution is 8.00. The fraction of sp³-hybridized carbons (Fsp3) is 0.200. The molecule has 3 aromatic rings. The first-order valence-electron chi connectivity index (χ1n) is 8.26. The molecule has 1 unspecified atom stereocenters. The number of aromatic amines is 1. The fourth-order valence-corrected chi connectivity index (χ4v) is 3.47. The predicted molar refractivity (Wildman–Crippen MR) is 103 cm³/mol. The molecule has 0 aliphatic heterocycles. The molecule has 128 valence electrons. The van der Waals surface area contributed by atoms with Crippen LogP contribution in [0.2, 0.25) is 0 Å². The zero-order valence-electron chi connectivity index (χ0n) is 14.3. The highest BCUT2D eigenvalue weighted by Crippen LogP contribution is 2.36. The molecule has 0 aliphatic rings. The maximum atomic E-state index is 12.9. The van der Waals surface area contributed by atoms with Gasteiger partial charge in [-0.2, -0.15) is 5.10 Å². The van der Waals surface area contributed by atoms with Gasteiger partial charge in [0.25, 0.3) is 0 Å². The lowest BCUT2D eigenvalue weighted by atomic mass is 10.1. The average Bonchev–Trinajstić information content (AvgIpc) is 3.10. The van der Waals surface area contributed by atoms with E-state index in [0.29, 0.717) is 11.7 Å². The van der Waals surface area contributed by atoms with Crippen molar-refractivity contribution >= 4 is 23.5 Å². The lowest BCUT2D eigenvalue weighted by Gasteiger charge is -2.16. The van der Waals surface area contributed by atoms with Crippen LogP contribution in [0.5, 0.6) is 0 Å². The highest BCUT2D eigenvalue weighted by atomic mass is 32.2. The summed E-state index contributed by atoms with van der Waals surface area (Å²) < 4.78 is 0. The van der Waals surface area contributed by atoms with Crippen LogP contribution in [0.4, 0.5) is 5.82 Å². The van der Waals surface area contributed by atoms with E-state index in [1.165, 1.54) is 11.8 Å². The third-order valence-corrected chi connectivity index (χ3v) is 5.07. The summed E-state index contributed by atoms with van der Waals surface area (Å²) in [7, 11) is 0. The van der Waals surface area contributed by atoms with Gasteiger partial charge in [-0.15, -0.1) is 11.8 Å². The third kappa shape index (κ3) is 4.51. The molecule has 0 fully saturated rings. The third-order valence-electron chi connectivity index (χ3n) is 3.81. The minimum Gasteiger partial charge on any atom is -0.308 e. The van der Waals surface area contributed by atoms with Crippen LogP contribution < -0.4 is 5.32 Å². The molecule has 0 saturated heterocycles. The van der Waals surface area contributed by atoms with Crippen molar-refractivity contribution < 1.29 is 4.79 Å². The number of anilines is 1. The van der Waals surface area contributed by atoms with Crippen molar-refractivity contribution in [1.82, 2.24) is 10.2 Å². The maximum Gasteiger partial charge on any atom is 0.243 e. The molecule has 1 aromatic heterocycles. The second-order valence-electron chi connectivity index (χ2n) is 6.07. The van der Waals surface area contributed by atoms with E-state index in [9.17, 15) is 4.79 Å². The van der Waals surface area contributed by atoms with Crippen LogP contribution in [0, 0.1) is 0 Å². The summed E-state index contributed by atoms with van der Waals surface area (Å²) in [4.78, 5) is 14.0. The Kier molecular flexibility index (Phi) is 5.56. The summed E-state index contributed by atoms with van der Waals surface area (Å²) in [6, 6.07) is 21.6. The standard InChI is InChI=1S/C20H21N3OS/c1-14(2)17-13-18(23-22-17)21-20(24)19(15-9-5-3-6-10-15)25-16-11-7-4-8-12-16/h3-14,19H,1-2H3,(H2,21,22,23,24). The molecule has 2 N–H and O–H groups in total. The van der Waals surface area contributed by atoms with E-state index in [1.54, 1.807) is 0 Å². The summed E-state index contributed by atoms with van der Waals surface area (Å²) in [5.74, 6) is 0.812. The quantitative estimate of drug-likeness (QED) is 0.614. The van der Waals surface area contributed by atoms with Crippen molar-refractivity contribution in [3.8, 4) is 0 Å². The summed E-state index contributed by atoms with van der Waals surface area (Å²) >= 11 is 1.53. The number of amides is 1. The number of rotatable bonds is 6. The van der Waals surface area contributed by atoms with Gasteiger partial charge in [-0.1, -0.05) is 62.4 Å². The van der Waals surface area contributed by atoms with Crippen molar-refractivity contribution in [2.75, 3.05) is 5.32 Å². The molecule has 5 heteroatoms. The van der Waals surface area contributed by atoms with Crippen LogP contribution in [-0.4, -0.2) is 16.1 Å². The number of carbonyl (C=O) groups is 1. The van der Waals surface area contributed by atoms with E-state index in [2.05, 4.69) is 29.4 Å². The van der Waals surface area contributed by atoms with Crippen molar-refractivity contribution in [1.29, 1.82) is 0 Å². The van der Waals surface area contributed by atoms with E-state index in [-0.39, 0.29) is 11.2 Å². The number of benzene rings is 2. The fourth-order valence-electron chi connectivity index (χ4n) is 2.42. The number of hydrogen-bond acceptors (Lipinski definition) is 3. The van der Waals surface area contributed by atoms with E-state index >= 15 is 0 Å². The van der Waals surface area contributed by atoms with E-state index in [0.717, 1.165) is 16.2 Å². The van der Waals surface area contributed by atoms with Gasteiger partial charge in [-0.05, 0) is 23.6 Å². The topological polar surface area (TPSA) is 57.8 Å². The second kappa shape index (κ2) is 8.03. The largest absolute Gasteiger partial charge is 0.308 e. The molecule has 3 rings (SSSR count). The molecule has 2 aromatic carbocycles. The summed E-state index contributed by atoms with van der Waals surface area (Å²) in [5, 5.41) is 9.75. The van der Waals surface area contributed by atoms with Crippen LogP contribution in [-0.2, 0) is 4.79 Å². The zero-order valence-corrected chi connectivity index (χ0v) is 15.1. The van der Waals surface area contributed by atoms with Crippen LogP contribution in [0.15, 0.2) is 71.6 Å². The molecule has 0 saturated carbocycles. The molecule has 4 nitrogen and oxygen atoms in total. The van der Waals surface area contributed by atoms with Gasteiger partial charge in [-0.3, -0.25) is 9.89 Å². The van der Waals surface area contributed by atoms with E-state index in [1.807, 2.05) is 66.7 Å². The Bertz CT molecular complexity index is 815. The van der Waals surface area contributed by atoms with E-state index < -0.39 is 0 Å². The van der Waals surface area contributed by atoms with Crippen LogP contribution >= 0.6 is 11.8 Å². The van der Waals surface area contributed by atoms with Gasteiger partial charge in [0.1, 0.15) is 5.25 Å². The van der Waals surface area contributed by atoms with Gasteiger partial charge >= 0.3 is 0 Å². The Morgan fingerprint density at radius 2 is 1.68 bits per heavy atom.